The Kier molecular flexibility index (Phi) is 3.40. The molecular weight excluding hydrogens is 252 g/mol. The monoisotopic (exact) mass is 263 g/mol. The van der Waals surface area contributed by atoms with E-state index in [0.29, 0.717) is 17.9 Å². The standard InChI is InChI=1S/C11H12ClF2NS/c1-7-6-16-3-2-11(7,14)9-4-8(12)5-15-10(9)13/h4-5,7H,2-3,6H2,1H3. The van der Waals surface area contributed by atoms with Gasteiger partial charge in [0.1, 0.15) is 5.67 Å². The van der Waals surface area contributed by atoms with Crippen LogP contribution < -0.4 is 0 Å². The molecule has 2 atom stereocenters. The van der Waals surface area contributed by atoms with Gasteiger partial charge in [-0.05, 0) is 24.0 Å². The van der Waals surface area contributed by atoms with Gasteiger partial charge in [0.15, 0.2) is 0 Å². The van der Waals surface area contributed by atoms with Gasteiger partial charge in [0.25, 0.3) is 0 Å². The zero-order valence-corrected chi connectivity index (χ0v) is 10.4. The van der Waals surface area contributed by atoms with Gasteiger partial charge in [0, 0.05) is 17.7 Å². The number of halogens is 3. The summed E-state index contributed by atoms with van der Waals surface area (Å²) >= 11 is 7.44. The minimum Gasteiger partial charge on any atom is -0.238 e. The first-order valence-corrected chi connectivity index (χ1v) is 6.65. The first kappa shape index (κ1) is 12.1. The van der Waals surface area contributed by atoms with Gasteiger partial charge in [-0.3, -0.25) is 0 Å². The Labute approximate surface area is 103 Å². The fraction of sp³-hybridized carbons (Fsp3) is 0.545. The van der Waals surface area contributed by atoms with Gasteiger partial charge < -0.3 is 0 Å². The highest BCUT2D eigenvalue weighted by Crippen LogP contribution is 2.44. The van der Waals surface area contributed by atoms with Crippen LogP contribution in [0.2, 0.25) is 5.02 Å². The van der Waals surface area contributed by atoms with Gasteiger partial charge in [-0.15, -0.1) is 0 Å². The van der Waals surface area contributed by atoms with E-state index in [9.17, 15) is 8.78 Å². The summed E-state index contributed by atoms with van der Waals surface area (Å²) < 4.78 is 28.3. The lowest BCUT2D eigenvalue weighted by molar-refractivity contribution is 0.0873. The smallest absolute Gasteiger partial charge is 0.219 e. The Bertz CT molecular complexity index is 402. The predicted octanol–water partition coefficient (Wildman–Crippen LogP) is 3.81. The SMILES string of the molecule is CC1CSCCC1(F)c1cc(Cl)cnc1F. The molecule has 2 rings (SSSR count). The predicted molar refractivity (Wildman–Crippen MR) is 63.1 cm³/mol. The lowest BCUT2D eigenvalue weighted by Gasteiger charge is -2.35. The molecule has 0 amide bonds. The number of aromatic nitrogens is 1. The van der Waals surface area contributed by atoms with Crippen LogP contribution in [0.5, 0.6) is 0 Å². The Morgan fingerprint density at radius 3 is 3.06 bits per heavy atom. The number of pyridine rings is 1. The average molecular weight is 264 g/mol. The third kappa shape index (κ3) is 2.05. The van der Waals surface area contributed by atoms with Crippen molar-refractivity contribution >= 4 is 23.4 Å². The lowest BCUT2D eigenvalue weighted by Crippen LogP contribution is -2.35. The molecule has 16 heavy (non-hydrogen) atoms. The Hall–Kier alpha value is -0.350. The van der Waals surface area contributed by atoms with Crippen molar-refractivity contribution < 1.29 is 8.78 Å². The van der Waals surface area contributed by atoms with E-state index >= 15 is 0 Å². The van der Waals surface area contributed by atoms with Crippen LogP contribution in [-0.2, 0) is 5.67 Å². The van der Waals surface area contributed by atoms with E-state index in [1.54, 1.807) is 18.7 Å². The van der Waals surface area contributed by atoms with Crippen LogP contribution in [0.25, 0.3) is 0 Å². The maximum atomic E-state index is 14.8. The Morgan fingerprint density at radius 1 is 1.62 bits per heavy atom. The third-order valence-corrected chi connectivity index (χ3v) is 4.45. The second-order valence-corrected chi connectivity index (χ2v) is 5.67. The molecule has 0 aromatic carbocycles. The van der Waals surface area contributed by atoms with Crippen molar-refractivity contribution in [1.82, 2.24) is 4.98 Å². The molecule has 0 aliphatic carbocycles. The Balaban J connectivity index is 2.44. The molecule has 2 heterocycles. The summed E-state index contributed by atoms with van der Waals surface area (Å²) in [6, 6.07) is 1.36. The molecular formula is C11H12ClF2NS. The Morgan fingerprint density at radius 2 is 2.38 bits per heavy atom. The largest absolute Gasteiger partial charge is 0.238 e. The molecule has 1 fully saturated rings. The first-order chi connectivity index (χ1) is 7.54. The van der Waals surface area contributed by atoms with Crippen LogP contribution in [-0.4, -0.2) is 16.5 Å². The lowest BCUT2D eigenvalue weighted by atomic mass is 9.83. The second kappa shape index (κ2) is 4.49. The zero-order chi connectivity index (χ0) is 11.8. The minimum atomic E-state index is -1.63. The summed E-state index contributed by atoms with van der Waals surface area (Å²) in [4.78, 5) is 3.49. The van der Waals surface area contributed by atoms with Gasteiger partial charge in [0.05, 0.1) is 5.02 Å². The number of hydrogen-bond acceptors (Lipinski definition) is 2. The fourth-order valence-corrected chi connectivity index (χ4v) is 3.36. The molecule has 1 aromatic rings. The van der Waals surface area contributed by atoms with Crippen molar-refractivity contribution in [3.63, 3.8) is 0 Å². The normalized spacial score (nSPS) is 30.4. The number of hydrogen-bond donors (Lipinski definition) is 0. The number of alkyl halides is 1. The molecule has 1 aliphatic rings. The molecule has 5 heteroatoms. The highest BCUT2D eigenvalue weighted by Gasteiger charge is 2.42. The third-order valence-electron chi connectivity index (χ3n) is 3.01. The van der Waals surface area contributed by atoms with Crippen LogP contribution in [0.3, 0.4) is 0 Å². The van der Waals surface area contributed by atoms with E-state index in [-0.39, 0.29) is 16.5 Å². The number of rotatable bonds is 1. The van der Waals surface area contributed by atoms with Crippen LogP contribution in [0.1, 0.15) is 18.9 Å². The molecule has 1 nitrogen and oxygen atoms in total. The van der Waals surface area contributed by atoms with E-state index in [1.807, 2.05) is 0 Å². The molecule has 1 aliphatic heterocycles. The summed E-state index contributed by atoms with van der Waals surface area (Å²) in [5.41, 5.74) is -1.62. The number of thioether (sulfide) groups is 1. The van der Waals surface area contributed by atoms with Crippen molar-refractivity contribution in [3.05, 3.63) is 28.8 Å². The van der Waals surface area contributed by atoms with Crippen LogP contribution in [0, 0.1) is 11.9 Å². The van der Waals surface area contributed by atoms with E-state index in [2.05, 4.69) is 4.98 Å². The second-order valence-electron chi connectivity index (χ2n) is 4.08. The molecule has 0 bridgehead atoms. The molecule has 2 unspecified atom stereocenters. The van der Waals surface area contributed by atoms with Crippen molar-refractivity contribution in [2.45, 2.75) is 19.0 Å². The first-order valence-electron chi connectivity index (χ1n) is 5.12. The zero-order valence-electron chi connectivity index (χ0n) is 8.84. The molecule has 1 aromatic heterocycles. The summed E-state index contributed by atoms with van der Waals surface area (Å²) in [7, 11) is 0. The van der Waals surface area contributed by atoms with E-state index in [4.69, 9.17) is 11.6 Å². The topological polar surface area (TPSA) is 12.9 Å². The van der Waals surface area contributed by atoms with Gasteiger partial charge >= 0.3 is 0 Å². The molecule has 0 radical (unpaired) electrons. The van der Waals surface area contributed by atoms with Crippen LogP contribution in [0.15, 0.2) is 12.3 Å². The van der Waals surface area contributed by atoms with Crippen LogP contribution >= 0.6 is 23.4 Å². The molecule has 1 saturated heterocycles. The number of nitrogens with zero attached hydrogens (tertiary/aromatic N) is 1. The van der Waals surface area contributed by atoms with Crippen molar-refractivity contribution in [1.29, 1.82) is 0 Å². The summed E-state index contributed by atoms with van der Waals surface area (Å²) in [6.45, 7) is 1.80. The summed E-state index contributed by atoms with van der Waals surface area (Å²) in [5.74, 6) is 0.432. The summed E-state index contributed by atoms with van der Waals surface area (Å²) in [6.07, 6.45) is 1.52. The van der Waals surface area contributed by atoms with Gasteiger partial charge in [-0.25, -0.2) is 9.37 Å². The van der Waals surface area contributed by atoms with Crippen molar-refractivity contribution in [2.24, 2.45) is 5.92 Å². The highest BCUT2D eigenvalue weighted by atomic mass is 35.5. The van der Waals surface area contributed by atoms with Crippen molar-refractivity contribution in [2.75, 3.05) is 11.5 Å². The molecule has 0 N–H and O–H groups in total. The van der Waals surface area contributed by atoms with E-state index in [0.717, 1.165) is 0 Å². The van der Waals surface area contributed by atoms with Crippen molar-refractivity contribution in [3.8, 4) is 0 Å². The fourth-order valence-electron chi connectivity index (χ4n) is 1.97. The quantitative estimate of drug-likeness (QED) is 0.715. The maximum absolute atomic E-state index is 14.8. The highest BCUT2D eigenvalue weighted by molar-refractivity contribution is 7.99. The van der Waals surface area contributed by atoms with Crippen LogP contribution in [0.4, 0.5) is 8.78 Å². The van der Waals surface area contributed by atoms with E-state index < -0.39 is 11.6 Å². The minimum absolute atomic E-state index is 0.00722. The van der Waals surface area contributed by atoms with Gasteiger partial charge in [-0.1, -0.05) is 18.5 Å². The van der Waals surface area contributed by atoms with E-state index in [1.165, 1.54) is 12.3 Å². The van der Waals surface area contributed by atoms with Gasteiger partial charge in [0.2, 0.25) is 5.95 Å². The molecule has 0 saturated carbocycles. The maximum Gasteiger partial charge on any atom is 0.219 e. The molecule has 88 valence electrons. The molecule has 0 spiro atoms. The summed E-state index contributed by atoms with van der Waals surface area (Å²) in [5, 5.41) is 0.277. The van der Waals surface area contributed by atoms with Gasteiger partial charge in [-0.2, -0.15) is 16.2 Å². The average Bonchev–Trinajstić information content (AvgIpc) is 2.26.